The molecule has 0 aromatic rings. The lowest BCUT2D eigenvalue weighted by Gasteiger charge is -2.13. The van der Waals surface area contributed by atoms with E-state index in [1.54, 1.807) is 0 Å². The van der Waals surface area contributed by atoms with E-state index < -0.39 is 0 Å². The van der Waals surface area contributed by atoms with E-state index in [9.17, 15) is 5.11 Å². The zero-order valence-electron chi connectivity index (χ0n) is 13.1. The zero-order chi connectivity index (χ0) is 14.2. The van der Waals surface area contributed by atoms with Crippen molar-refractivity contribution in [3.05, 3.63) is 0 Å². The van der Waals surface area contributed by atoms with E-state index in [4.69, 9.17) is 5.11 Å². The Morgan fingerprint density at radius 1 is 0.632 bits per heavy atom. The van der Waals surface area contributed by atoms with Crippen LogP contribution in [0.2, 0.25) is 0 Å². The van der Waals surface area contributed by atoms with Crippen LogP contribution >= 0.6 is 0 Å². The van der Waals surface area contributed by atoms with E-state index in [0.29, 0.717) is 19.1 Å². The molecule has 2 heteroatoms. The second-order valence-corrected chi connectivity index (χ2v) is 5.89. The summed E-state index contributed by atoms with van der Waals surface area (Å²) in [6, 6.07) is 0. The van der Waals surface area contributed by atoms with Crippen LogP contribution in [-0.2, 0) is 0 Å². The van der Waals surface area contributed by atoms with Crippen LogP contribution in [0.25, 0.3) is 0 Å². The number of unbranched alkanes of at least 4 members (excludes halogenated alkanes) is 9. The van der Waals surface area contributed by atoms with Crippen LogP contribution in [-0.4, -0.2) is 23.4 Å². The molecule has 1 atom stereocenters. The highest BCUT2D eigenvalue weighted by Crippen LogP contribution is 2.18. The fourth-order valence-corrected chi connectivity index (χ4v) is 2.62. The molecule has 2 nitrogen and oxygen atoms in total. The molecule has 0 saturated heterocycles. The second kappa shape index (κ2) is 16.0. The second-order valence-electron chi connectivity index (χ2n) is 5.89. The van der Waals surface area contributed by atoms with Gasteiger partial charge in [0.05, 0.1) is 0 Å². The third-order valence-electron chi connectivity index (χ3n) is 3.99. The molecular weight excluding hydrogens is 236 g/mol. The van der Waals surface area contributed by atoms with Crippen LogP contribution in [0.15, 0.2) is 0 Å². The van der Waals surface area contributed by atoms with E-state index in [2.05, 4.69) is 6.92 Å². The number of hydrogen-bond donors (Lipinski definition) is 2. The molecule has 0 fully saturated rings. The molecule has 0 saturated carbocycles. The maximum absolute atomic E-state index is 9.37. The summed E-state index contributed by atoms with van der Waals surface area (Å²) < 4.78 is 0. The smallest absolute Gasteiger partial charge is 0.0459 e. The van der Waals surface area contributed by atoms with Crippen molar-refractivity contribution in [3.8, 4) is 0 Å². The van der Waals surface area contributed by atoms with Crippen LogP contribution in [0.1, 0.15) is 90.4 Å². The Hall–Kier alpha value is -0.0800. The average Bonchev–Trinajstić information content (AvgIpc) is 2.44. The average molecular weight is 272 g/mol. The molecule has 0 aliphatic heterocycles. The quantitative estimate of drug-likeness (QED) is 0.425. The van der Waals surface area contributed by atoms with Crippen LogP contribution in [0, 0.1) is 5.92 Å². The lowest BCUT2D eigenvalue weighted by molar-refractivity contribution is 0.204. The normalized spacial score (nSPS) is 12.8. The topological polar surface area (TPSA) is 40.5 Å². The standard InChI is InChI=1S/C17H36O2/c1-2-3-4-5-7-10-13-17(16-19)14-11-8-6-9-12-15-18/h17-19H,2-16H2,1H3. The molecule has 0 rings (SSSR count). The van der Waals surface area contributed by atoms with Gasteiger partial charge in [-0.2, -0.15) is 0 Å². The summed E-state index contributed by atoms with van der Waals surface area (Å²) in [5, 5.41) is 18.1. The Balaban J connectivity index is 3.30. The van der Waals surface area contributed by atoms with E-state index in [1.165, 1.54) is 70.6 Å². The van der Waals surface area contributed by atoms with E-state index in [-0.39, 0.29) is 0 Å². The first-order valence-electron chi connectivity index (χ1n) is 8.56. The molecule has 0 spiro atoms. The minimum Gasteiger partial charge on any atom is -0.396 e. The first-order chi connectivity index (χ1) is 9.35. The van der Waals surface area contributed by atoms with Crippen molar-refractivity contribution >= 4 is 0 Å². The summed E-state index contributed by atoms with van der Waals surface area (Å²) in [7, 11) is 0. The first-order valence-corrected chi connectivity index (χ1v) is 8.56. The third-order valence-corrected chi connectivity index (χ3v) is 3.99. The summed E-state index contributed by atoms with van der Waals surface area (Å²) in [6.45, 7) is 2.95. The first kappa shape index (κ1) is 18.9. The van der Waals surface area contributed by atoms with Gasteiger partial charge in [-0.1, -0.05) is 71.1 Å². The monoisotopic (exact) mass is 272 g/mol. The molecule has 116 valence electrons. The Morgan fingerprint density at radius 3 is 1.58 bits per heavy atom. The number of hydrogen-bond acceptors (Lipinski definition) is 2. The van der Waals surface area contributed by atoms with Crippen molar-refractivity contribution in [1.82, 2.24) is 0 Å². The fraction of sp³-hybridized carbons (Fsp3) is 1.00. The Kier molecular flexibility index (Phi) is 15.9. The molecule has 0 aliphatic carbocycles. The summed E-state index contributed by atoms with van der Waals surface area (Å²) in [4.78, 5) is 0. The van der Waals surface area contributed by atoms with Gasteiger partial charge in [-0.15, -0.1) is 0 Å². The van der Waals surface area contributed by atoms with Gasteiger partial charge in [0.2, 0.25) is 0 Å². The van der Waals surface area contributed by atoms with Crippen molar-refractivity contribution in [2.75, 3.05) is 13.2 Å². The Morgan fingerprint density at radius 2 is 1.11 bits per heavy atom. The van der Waals surface area contributed by atoms with Crippen molar-refractivity contribution in [3.63, 3.8) is 0 Å². The molecule has 0 radical (unpaired) electrons. The van der Waals surface area contributed by atoms with Crippen molar-refractivity contribution < 1.29 is 10.2 Å². The molecule has 0 amide bonds. The van der Waals surface area contributed by atoms with Gasteiger partial charge in [-0.3, -0.25) is 0 Å². The number of rotatable bonds is 15. The van der Waals surface area contributed by atoms with Gasteiger partial charge in [0.1, 0.15) is 0 Å². The molecule has 0 aromatic carbocycles. The number of aliphatic hydroxyl groups is 2. The van der Waals surface area contributed by atoms with Gasteiger partial charge < -0.3 is 10.2 Å². The summed E-state index contributed by atoms with van der Waals surface area (Å²) >= 11 is 0. The van der Waals surface area contributed by atoms with Gasteiger partial charge in [-0.25, -0.2) is 0 Å². The lowest BCUT2D eigenvalue weighted by Crippen LogP contribution is -2.06. The van der Waals surface area contributed by atoms with Gasteiger partial charge in [-0.05, 0) is 25.2 Å². The predicted octanol–water partition coefficient (Wildman–Crippen LogP) is 4.68. The minimum atomic E-state index is 0.331. The largest absolute Gasteiger partial charge is 0.396 e. The number of aliphatic hydroxyl groups excluding tert-OH is 2. The van der Waals surface area contributed by atoms with Crippen LogP contribution < -0.4 is 0 Å². The van der Waals surface area contributed by atoms with Gasteiger partial charge in [0.25, 0.3) is 0 Å². The van der Waals surface area contributed by atoms with E-state index in [1.807, 2.05) is 0 Å². The van der Waals surface area contributed by atoms with E-state index >= 15 is 0 Å². The molecule has 0 bridgehead atoms. The van der Waals surface area contributed by atoms with Gasteiger partial charge in [0, 0.05) is 13.2 Å². The Labute approximate surface area is 120 Å². The molecule has 0 heterocycles. The highest BCUT2D eigenvalue weighted by Gasteiger charge is 2.06. The molecule has 1 unspecified atom stereocenters. The van der Waals surface area contributed by atoms with Crippen LogP contribution in [0.5, 0.6) is 0 Å². The maximum atomic E-state index is 9.37. The van der Waals surface area contributed by atoms with Crippen molar-refractivity contribution in [2.24, 2.45) is 5.92 Å². The van der Waals surface area contributed by atoms with Crippen LogP contribution in [0.4, 0.5) is 0 Å². The highest BCUT2D eigenvalue weighted by atomic mass is 16.3. The van der Waals surface area contributed by atoms with Crippen molar-refractivity contribution in [1.29, 1.82) is 0 Å². The van der Waals surface area contributed by atoms with E-state index in [0.717, 1.165) is 12.8 Å². The summed E-state index contributed by atoms with van der Waals surface area (Å²) in [6.07, 6.45) is 16.3. The zero-order valence-corrected chi connectivity index (χ0v) is 13.1. The van der Waals surface area contributed by atoms with Gasteiger partial charge in [0.15, 0.2) is 0 Å². The highest BCUT2D eigenvalue weighted by molar-refractivity contribution is 4.59. The fourth-order valence-electron chi connectivity index (χ4n) is 2.62. The maximum Gasteiger partial charge on any atom is 0.0459 e. The Bertz CT molecular complexity index is 143. The summed E-state index contributed by atoms with van der Waals surface area (Å²) in [5.41, 5.74) is 0. The molecule has 0 aromatic heterocycles. The molecule has 0 aliphatic rings. The molecule has 19 heavy (non-hydrogen) atoms. The minimum absolute atomic E-state index is 0.331. The van der Waals surface area contributed by atoms with Crippen molar-refractivity contribution in [2.45, 2.75) is 90.4 Å². The third kappa shape index (κ3) is 14.1. The lowest BCUT2D eigenvalue weighted by atomic mass is 9.95. The predicted molar refractivity (Wildman–Crippen MR) is 83.4 cm³/mol. The van der Waals surface area contributed by atoms with Gasteiger partial charge >= 0.3 is 0 Å². The molecule has 2 N–H and O–H groups in total. The van der Waals surface area contributed by atoms with Crippen LogP contribution in [0.3, 0.4) is 0 Å². The SMILES string of the molecule is CCCCCCCCC(CO)CCCCCCCO. The summed E-state index contributed by atoms with van der Waals surface area (Å²) in [5.74, 6) is 0.531. The molecular formula is C17H36O2.